The molecule has 2 fully saturated rings. The highest BCUT2D eigenvalue weighted by molar-refractivity contribution is 5.90. The fraction of sp³-hybridized carbons (Fsp3) is 0.545. The number of hydrogen-bond acceptors (Lipinski definition) is 4. The number of benzene rings is 2. The van der Waals surface area contributed by atoms with Crippen LogP contribution in [0.25, 0.3) is 10.8 Å². The average Bonchev–Trinajstić information content (AvgIpc) is 3.00. The van der Waals surface area contributed by atoms with Crippen LogP contribution in [0.3, 0.4) is 0 Å². The Labute approximate surface area is 156 Å². The van der Waals surface area contributed by atoms with Crippen molar-refractivity contribution < 1.29 is 9.47 Å². The molecular formula is C22H30N2O2. The van der Waals surface area contributed by atoms with Crippen LogP contribution in [-0.4, -0.2) is 62.3 Å². The van der Waals surface area contributed by atoms with Gasteiger partial charge in [-0.15, -0.1) is 0 Å². The molecule has 2 aliphatic rings. The van der Waals surface area contributed by atoms with Crippen LogP contribution in [0.15, 0.2) is 36.4 Å². The van der Waals surface area contributed by atoms with Gasteiger partial charge in [0.2, 0.25) is 0 Å². The lowest BCUT2D eigenvalue weighted by Crippen LogP contribution is -2.47. The molecule has 2 aliphatic heterocycles. The second-order valence-electron chi connectivity index (χ2n) is 8.01. The topological polar surface area (TPSA) is 24.9 Å². The van der Waals surface area contributed by atoms with Crippen LogP contribution >= 0.6 is 0 Å². The number of likely N-dealkylation sites (tertiary alicyclic amines) is 1. The predicted molar refractivity (Wildman–Crippen MR) is 106 cm³/mol. The van der Waals surface area contributed by atoms with Crippen LogP contribution in [0.5, 0.6) is 5.75 Å². The highest BCUT2D eigenvalue weighted by atomic mass is 16.5. The standard InChI is InChI=1S/C22H30N2O2/c1-23(2)18-14-22(10-12-26-13-11-22)24(16-18)15-17-6-4-8-20-19(17)7-5-9-21(20)25-3/h4-9,18H,10-16H2,1-3H3. The zero-order valence-corrected chi connectivity index (χ0v) is 16.2. The molecule has 1 unspecified atom stereocenters. The van der Waals surface area contributed by atoms with Gasteiger partial charge in [0.1, 0.15) is 5.75 Å². The normalized spacial score (nSPS) is 23.2. The summed E-state index contributed by atoms with van der Waals surface area (Å²) in [6, 6.07) is 13.6. The Balaban J connectivity index is 1.68. The van der Waals surface area contributed by atoms with Gasteiger partial charge in [0, 0.05) is 43.3 Å². The van der Waals surface area contributed by atoms with Crippen molar-refractivity contribution in [2.45, 2.75) is 37.4 Å². The van der Waals surface area contributed by atoms with E-state index < -0.39 is 0 Å². The van der Waals surface area contributed by atoms with E-state index in [1.54, 1.807) is 7.11 Å². The van der Waals surface area contributed by atoms with Gasteiger partial charge in [-0.2, -0.15) is 0 Å². The summed E-state index contributed by atoms with van der Waals surface area (Å²) in [5.74, 6) is 0.956. The van der Waals surface area contributed by atoms with E-state index in [4.69, 9.17) is 9.47 Å². The van der Waals surface area contributed by atoms with Crippen LogP contribution < -0.4 is 4.74 Å². The summed E-state index contributed by atoms with van der Waals surface area (Å²) < 4.78 is 11.3. The fourth-order valence-electron chi connectivity index (χ4n) is 4.80. The molecule has 140 valence electrons. The van der Waals surface area contributed by atoms with Crippen LogP contribution in [-0.2, 0) is 11.3 Å². The fourth-order valence-corrected chi connectivity index (χ4v) is 4.80. The molecule has 0 aliphatic carbocycles. The van der Waals surface area contributed by atoms with E-state index in [9.17, 15) is 0 Å². The van der Waals surface area contributed by atoms with Crippen molar-refractivity contribution in [3.8, 4) is 5.75 Å². The molecule has 0 N–H and O–H groups in total. The molecule has 4 heteroatoms. The number of ether oxygens (including phenoxy) is 2. The van der Waals surface area contributed by atoms with Gasteiger partial charge in [0.05, 0.1) is 7.11 Å². The van der Waals surface area contributed by atoms with Crippen LogP contribution in [0, 0.1) is 0 Å². The predicted octanol–water partition coefficient (Wildman–Crippen LogP) is 3.53. The quantitative estimate of drug-likeness (QED) is 0.839. The summed E-state index contributed by atoms with van der Waals surface area (Å²) in [5.41, 5.74) is 1.68. The summed E-state index contributed by atoms with van der Waals surface area (Å²) in [5, 5.41) is 2.51. The van der Waals surface area contributed by atoms with E-state index in [0.29, 0.717) is 6.04 Å². The lowest BCUT2D eigenvalue weighted by molar-refractivity contribution is -0.0113. The summed E-state index contributed by atoms with van der Waals surface area (Å²) in [4.78, 5) is 5.12. The minimum Gasteiger partial charge on any atom is -0.496 e. The molecular weight excluding hydrogens is 324 g/mol. The molecule has 0 bridgehead atoms. The van der Waals surface area contributed by atoms with E-state index >= 15 is 0 Å². The highest BCUT2D eigenvalue weighted by Gasteiger charge is 2.46. The summed E-state index contributed by atoms with van der Waals surface area (Å²) in [6.45, 7) is 3.90. The van der Waals surface area contributed by atoms with Gasteiger partial charge in [-0.1, -0.05) is 30.3 Å². The van der Waals surface area contributed by atoms with Crippen LogP contribution in [0.1, 0.15) is 24.8 Å². The molecule has 2 heterocycles. The van der Waals surface area contributed by atoms with Crippen molar-refractivity contribution >= 4 is 10.8 Å². The molecule has 1 spiro atoms. The molecule has 0 amide bonds. The number of methoxy groups -OCH3 is 1. The highest BCUT2D eigenvalue weighted by Crippen LogP contribution is 2.41. The third-order valence-corrected chi connectivity index (χ3v) is 6.42. The lowest BCUT2D eigenvalue weighted by Gasteiger charge is -2.41. The van der Waals surface area contributed by atoms with Crippen molar-refractivity contribution in [1.29, 1.82) is 0 Å². The number of rotatable bonds is 4. The summed E-state index contributed by atoms with van der Waals surface area (Å²) in [7, 11) is 6.18. The third-order valence-electron chi connectivity index (χ3n) is 6.42. The van der Waals surface area contributed by atoms with Gasteiger partial charge in [0.25, 0.3) is 0 Å². The molecule has 0 saturated carbocycles. The van der Waals surface area contributed by atoms with Crippen molar-refractivity contribution in [2.75, 3.05) is 41.0 Å². The largest absolute Gasteiger partial charge is 0.496 e. The lowest BCUT2D eigenvalue weighted by atomic mass is 9.86. The first-order chi connectivity index (χ1) is 12.6. The first-order valence-electron chi connectivity index (χ1n) is 9.67. The van der Waals surface area contributed by atoms with Crippen molar-refractivity contribution in [1.82, 2.24) is 9.80 Å². The van der Waals surface area contributed by atoms with Gasteiger partial charge in [-0.25, -0.2) is 0 Å². The molecule has 0 aromatic heterocycles. The minimum atomic E-state index is 0.286. The number of fused-ring (bicyclic) bond motifs is 1. The zero-order chi connectivity index (χ0) is 18.1. The van der Waals surface area contributed by atoms with Gasteiger partial charge in [0.15, 0.2) is 0 Å². The third kappa shape index (κ3) is 3.11. The van der Waals surface area contributed by atoms with E-state index in [0.717, 1.165) is 44.9 Å². The summed E-state index contributed by atoms with van der Waals surface area (Å²) in [6.07, 6.45) is 3.54. The maximum atomic E-state index is 5.69. The Bertz CT molecular complexity index is 768. The maximum absolute atomic E-state index is 5.69. The SMILES string of the molecule is COc1cccc2c(CN3CC(N(C)C)CC34CCOCC4)cccc12. The van der Waals surface area contributed by atoms with E-state index in [-0.39, 0.29) is 5.54 Å². The molecule has 4 nitrogen and oxygen atoms in total. The van der Waals surface area contributed by atoms with E-state index in [1.807, 2.05) is 6.07 Å². The monoisotopic (exact) mass is 354 g/mol. The first-order valence-corrected chi connectivity index (χ1v) is 9.67. The van der Waals surface area contributed by atoms with Crippen LogP contribution in [0.2, 0.25) is 0 Å². The van der Waals surface area contributed by atoms with Crippen LogP contribution in [0.4, 0.5) is 0 Å². The Morgan fingerprint density at radius 2 is 1.85 bits per heavy atom. The molecule has 2 saturated heterocycles. The van der Waals surface area contributed by atoms with Crippen molar-refractivity contribution in [2.24, 2.45) is 0 Å². The number of hydrogen-bond donors (Lipinski definition) is 0. The van der Waals surface area contributed by atoms with Gasteiger partial charge >= 0.3 is 0 Å². The van der Waals surface area contributed by atoms with Crippen molar-refractivity contribution in [3.05, 3.63) is 42.0 Å². The van der Waals surface area contributed by atoms with Crippen molar-refractivity contribution in [3.63, 3.8) is 0 Å². The molecule has 1 atom stereocenters. The van der Waals surface area contributed by atoms with Gasteiger partial charge in [-0.3, -0.25) is 4.90 Å². The number of nitrogens with zero attached hydrogens (tertiary/aromatic N) is 2. The first kappa shape index (κ1) is 17.8. The molecule has 4 rings (SSSR count). The molecule has 0 radical (unpaired) electrons. The molecule has 26 heavy (non-hydrogen) atoms. The second kappa shape index (κ2) is 7.18. The Morgan fingerprint density at radius 3 is 2.58 bits per heavy atom. The Kier molecular flexibility index (Phi) is 4.91. The molecule has 2 aromatic carbocycles. The second-order valence-corrected chi connectivity index (χ2v) is 8.01. The zero-order valence-electron chi connectivity index (χ0n) is 16.2. The minimum absolute atomic E-state index is 0.286. The van der Waals surface area contributed by atoms with E-state index in [1.165, 1.54) is 22.8 Å². The smallest absolute Gasteiger partial charge is 0.126 e. The number of likely N-dealkylation sites (N-methyl/N-ethyl adjacent to an activating group) is 1. The van der Waals surface area contributed by atoms with E-state index in [2.05, 4.69) is 54.2 Å². The average molecular weight is 354 g/mol. The van der Waals surface area contributed by atoms with Gasteiger partial charge < -0.3 is 14.4 Å². The maximum Gasteiger partial charge on any atom is 0.126 e. The Hall–Kier alpha value is -1.62. The van der Waals surface area contributed by atoms with Gasteiger partial charge in [-0.05, 0) is 50.4 Å². The molecule has 2 aromatic rings. The summed E-state index contributed by atoms with van der Waals surface area (Å²) >= 11 is 0. The Morgan fingerprint density at radius 1 is 1.12 bits per heavy atom.